The Labute approximate surface area is 187 Å². The summed E-state index contributed by atoms with van der Waals surface area (Å²) in [7, 11) is -3.11. The molecule has 3 heterocycles. The van der Waals surface area contributed by atoms with Gasteiger partial charge in [-0.05, 0) is 44.2 Å². The summed E-state index contributed by atoms with van der Waals surface area (Å²) in [6, 6.07) is 5.50. The first-order chi connectivity index (χ1) is 14.7. The van der Waals surface area contributed by atoms with E-state index in [0.29, 0.717) is 25.1 Å². The predicted octanol–water partition coefficient (Wildman–Crippen LogP) is 3.19. The quantitative estimate of drug-likeness (QED) is 0.530. The van der Waals surface area contributed by atoms with Crippen molar-refractivity contribution >= 4 is 33.1 Å². The van der Waals surface area contributed by atoms with Crippen LogP contribution in [0.1, 0.15) is 52.8 Å². The van der Waals surface area contributed by atoms with Crippen LogP contribution >= 0.6 is 11.3 Å². The molecule has 0 aromatic carbocycles. The largest absolute Gasteiger partial charge is 0.452 e. The molecule has 1 aliphatic rings. The number of aromatic nitrogens is 1. The molecule has 7 nitrogen and oxygen atoms in total. The Bertz CT molecular complexity index is 1020. The van der Waals surface area contributed by atoms with Gasteiger partial charge in [0.15, 0.2) is 16.4 Å². The number of sulfone groups is 1. The number of nitrogens with zero attached hydrogens (tertiary/aromatic N) is 2. The van der Waals surface area contributed by atoms with Crippen LogP contribution < -0.4 is 0 Å². The van der Waals surface area contributed by atoms with E-state index in [1.165, 1.54) is 4.88 Å². The molecular weight excluding hydrogens is 436 g/mol. The second-order valence-electron chi connectivity index (χ2n) is 8.02. The van der Waals surface area contributed by atoms with E-state index in [4.69, 9.17) is 4.74 Å². The van der Waals surface area contributed by atoms with E-state index in [9.17, 15) is 18.0 Å². The SMILES string of the molecule is CCCCN(C(=O)COC(=O)c1cc(C)n(Cc2cccs2)c1C)C1CCS(=O)(=O)C1. The van der Waals surface area contributed by atoms with Crippen molar-refractivity contribution in [2.45, 2.75) is 52.6 Å². The second-order valence-corrected chi connectivity index (χ2v) is 11.3. The number of rotatable bonds is 9. The predicted molar refractivity (Wildman–Crippen MR) is 121 cm³/mol. The second kappa shape index (κ2) is 9.99. The highest BCUT2D eigenvalue weighted by atomic mass is 32.2. The molecular formula is C22H30N2O5S2. The Balaban J connectivity index is 1.65. The molecule has 2 aromatic heterocycles. The number of carbonyl (C=O) groups excluding carboxylic acids is 2. The van der Waals surface area contributed by atoms with Gasteiger partial charge in [-0.25, -0.2) is 13.2 Å². The van der Waals surface area contributed by atoms with Crippen LogP contribution in [-0.4, -0.2) is 60.5 Å². The number of ether oxygens (including phenoxy) is 1. The third kappa shape index (κ3) is 5.77. The van der Waals surface area contributed by atoms with E-state index >= 15 is 0 Å². The molecule has 1 aliphatic heterocycles. The maximum absolute atomic E-state index is 12.8. The van der Waals surface area contributed by atoms with Gasteiger partial charge in [0.1, 0.15) is 0 Å². The van der Waals surface area contributed by atoms with Gasteiger partial charge in [0, 0.05) is 28.9 Å². The van der Waals surface area contributed by atoms with E-state index in [2.05, 4.69) is 4.57 Å². The highest BCUT2D eigenvalue weighted by molar-refractivity contribution is 7.91. The van der Waals surface area contributed by atoms with Crippen LogP contribution in [-0.2, 0) is 25.9 Å². The molecule has 1 unspecified atom stereocenters. The third-order valence-corrected chi connectivity index (χ3v) is 8.35. The minimum Gasteiger partial charge on any atom is -0.452 e. The van der Waals surface area contributed by atoms with Gasteiger partial charge in [0.25, 0.3) is 5.91 Å². The number of thiophene rings is 1. The first-order valence-corrected chi connectivity index (χ1v) is 13.3. The van der Waals surface area contributed by atoms with Gasteiger partial charge in [-0.15, -0.1) is 11.3 Å². The average molecular weight is 467 g/mol. The Kier molecular flexibility index (Phi) is 7.59. The smallest absolute Gasteiger partial charge is 0.340 e. The highest BCUT2D eigenvalue weighted by Crippen LogP contribution is 2.21. The maximum Gasteiger partial charge on any atom is 0.340 e. The Morgan fingerprint density at radius 3 is 2.71 bits per heavy atom. The van der Waals surface area contributed by atoms with Gasteiger partial charge < -0.3 is 14.2 Å². The van der Waals surface area contributed by atoms with Gasteiger partial charge in [0.05, 0.1) is 23.6 Å². The third-order valence-electron chi connectivity index (χ3n) is 5.74. The van der Waals surface area contributed by atoms with E-state index < -0.39 is 15.8 Å². The number of carbonyl (C=O) groups is 2. The van der Waals surface area contributed by atoms with Crippen molar-refractivity contribution in [3.8, 4) is 0 Å². The molecule has 170 valence electrons. The van der Waals surface area contributed by atoms with Gasteiger partial charge in [-0.1, -0.05) is 19.4 Å². The van der Waals surface area contributed by atoms with Crippen LogP contribution in [0.3, 0.4) is 0 Å². The first kappa shape index (κ1) is 23.5. The van der Waals surface area contributed by atoms with Gasteiger partial charge in [0.2, 0.25) is 0 Å². The zero-order valence-electron chi connectivity index (χ0n) is 18.3. The molecule has 0 radical (unpaired) electrons. The molecule has 1 fully saturated rings. The molecule has 0 saturated carbocycles. The van der Waals surface area contributed by atoms with Crippen LogP contribution in [0.2, 0.25) is 0 Å². The topological polar surface area (TPSA) is 85.7 Å². The van der Waals surface area contributed by atoms with Crippen molar-refractivity contribution in [1.82, 2.24) is 9.47 Å². The molecule has 3 rings (SSSR count). The number of amides is 1. The summed E-state index contributed by atoms with van der Waals surface area (Å²) in [6.07, 6.45) is 2.11. The summed E-state index contributed by atoms with van der Waals surface area (Å²) in [5, 5.41) is 2.02. The molecule has 1 saturated heterocycles. The molecule has 0 bridgehead atoms. The number of hydrogen-bond acceptors (Lipinski definition) is 6. The Hall–Kier alpha value is -2.13. The highest BCUT2D eigenvalue weighted by Gasteiger charge is 2.34. The van der Waals surface area contributed by atoms with E-state index in [-0.39, 0.29) is 30.1 Å². The van der Waals surface area contributed by atoms with Crippen molar-refractivity contribution in [3.63, 3.8) is 0 Å². The van der Waals surface area contributed by atoms with E-state index in [1.54, 1.807) is 22.3 Å². The monoisotopic (exact) mass is 466 g/mol. The zero-order chi connectivity index (χ0) is 22.6. The summed E-state index contributed by atoms with van der Waals surface area (Å²) < 4.78 is 31.1. The van der Waals surface area contributed by atoms with Gasteiger partial charge in [-0.2, -0.15) is 0 Å². The van der Waals surface area contributed by atoms with Crippen molar-refractivity contribution < 1.29 is 22.7 Å². The molecule has 0 aliphatic carbocycles. The normalized spacial score (nSPS) is 17.6. The fourth-order valence-electron chi connectivity index (χ4n) is 3.96. The summed E-state index contributed by atoms with van der Waals surface area (Å²) >= 11 is 1.66. The molecule has 1 amide bonds. The van der Waals surface area contributed by atoms with Crippen molar-refractivity contribution in [2.75, 3.05) is 24.7 Å². The molecule has 0 spiro atoms. The molecule has 31 heavy (non-hydrogen) atoms. The fraction of sp³-hybridized carbons (Fsp3) is 0.545. The lowest BCUT2D eigenvalue weighted by Gasteiger charge is -2.28. The summed E-state index contributed by atoms with van der Waals surface area (Å²) in [5.41, 5.74) is 2.20. The minimum atomic E-state index is -3.11. The number of esters is 1. The van der Waals surface area contributed by atoms with Crippen LogP contribution in [0.25, 0.3) is 0 Å². The lowest BCUT2D eigenvalue weighted by Crippen LogP contribution is -2.43. The molecule has 9 heteroatoms. The summed E-state index contributed by atoms with van der Waals surface area (Å²) in [6.45, 7) is 6.60. The van der Waals surface area contributed by atoms with Crippen LogP contribution in [0.4, 0.5) is 0 Å². The fourth-order valence-corrected chi connectivity index (χ4v) is 6.38. The van der Waals surface area contributed by atoms with Crippen molar-refractivity contribution in [3.05, 3.63) is 45.4 Å². The van der Waals surface area contributed by atoms with Crippen LogP contribution in [0, 0.1) is 13.8 Å². The Morgan fingerprint density at radius 2 is 2.10 bits per heavy atom. The molecule has 2 aromatic rings. The lowest BCUT2D eigenvalue weighted by molar-refractivity contribution is -0.136. The average Bonchev–Trinajstić information content (AvgIpc) is 3.43. The van der Waals surface area contributed by atoms with E-state index in [0.717, 1.165) is 24.2 Å². The van der Waals surface area contributed by atoms with Crippen molar-refractivity contribution in [1.29, 1.82) is 0 Å². The first-order valence-electron chi connectivity index (χ1n) is 10.6. The van der Waals surface area contributed by atoms with Gasteiger partial charge >= 0.3 is 5.97 Å². The van der Waals surface area contributed by atoms with Gasteiger partial charge in [-0.3, -0.25) is 4.79 Å². The maximum atomic E-state index is 12.8. The number of unbranched alkanes of at least 4 members (excludes halogenated alkanes) is 1. The molecule has 0 N–H and O–H groups in total. The zero-order valence-corrected chi connectivity index (χ0v) is 19.9. The molecule has 1 atom stereocenters. The summed E-state index contributed by atoms with van der Waals surface area (Å²) in [5.74, 6) is -0.784. The standard InChI is InChI=1S/C22H30N2O5S2/c1-4-5-9-23(18-8-11-31(27,28)15-18)21(25)14-29-22(26)20-12-16(2)24(17(20)3)13-19-7-6-10-30-19/h6-7,10,12,18H,4-5,8-9,11,13-15H2,1-3H3. The summed E-state index contributed by atoms with van der Waals surface area (Å²) in [4.78, 5) is 28.3. The number of hydrogen-bond donors (Lipinski definition) is 0. The Morgan fingerprint density at radius 1 is 1.32 bits per heavy atom. The number of aryl methyl sites for hydroxylation is 1. The minimum absolute atomic E-state index is 0.0136. The lowest BCUT2D eigenvalue weighted by atomic mass is 10.2. The van der Waals surface area contributed by atoms with E-state index in [1.807, 2.05) is 38.3 Å². The van der Waals surface area contributed by atoms with Crippen LogP contribution in [0.15, 0.2) is 23.6 Å². The van der Waals surface area contributed by atoms with Crippen LogP contribution in [0.5, 0.6) is 0 Å². The van der Waals surface area contributed by atoms with Crippen molar-refractivity contribution in [2.24, 2.45) is 0 Å².